The van der Waals surface area contributed by atoms with Crippen molar-refractivity contribution < 1.29 is 0 Å². The Labute approximate surface area is 209 Å². The lowest BCUT2D eigenvalue weighted by Crippen LogP contribution is -2.20. The Morgan fingerprint density at radius 1 is 1.06 bits per heavy atom. The summed E-state index contributed by atoms with van der Waals surface area (Å²) in [5.74, 6) is 1.90. The minimum absolute atomic E-state index is 0.156. The summed E-state index contributed by atoms with van der Waals surface area (Å²) in [5.41, 5.74) is 4.34. The van der Waals surface area contributed by atoms with E-state index in [0.29, 0.717) is 28.7 Å². The van der Waals surface area contributed by atoms with E-state index in [-0.39, 0.29) is 5.56 Å². The molecule has 4 aromatic heterocycles. The van der Waals surface area contributed by atoms with Crippen molar-refractivity contribution in [3.05, 3.63) is 83.2 Å². The summed E-state index contributed by atoms with van der Waals surface area (Å²) in [6.45, 7) is 6.38. The van der Waals surface area contributed by atoms with Crippen LogP contribution in [0, 0.1) is 6.92 Å². The van der Waals surface area contributed by atoms with Gasteiger partial charge in [0.2, 0.25) is 0 Å². The number of pyridine rings is 1. The van der Waals surface area contributed by atoms with Crippen molar-refractivity contribution in [2.45, 2.75) is 58.4 Å². The van der Waals surface area contributed by atoms with E-state index in [4.69, 9.17) is 4.98 Å². The van der Waals surface area contributed by atoms with Crippen LogP contribution in [0.4, 0.5) is 0 Å². The molecule has 0 amide bonds. The van der Waals surface area contributed by atoms with Crippen LogP contribution in [0.15, 0.2) is 66.4 Å². The number of hydrogen-bond donors (Lipinski definition) is 0. The maximum Gasteiger partial charge on any atom is 0.267 e. The van der Waals surface area contributed by atoms with Gasteiger partial charge in [-0.05, 0) is 62.4 Å². The Morgan fingerprint density at radius 3 is 2.67 bits per heavy atom. The van der Waals surface area contributed by atoms with E-state index in [2.05, 4.69) is 39.6 Å². The molecule has 6 rings (SSSR count). The fraction of sp³-hybridized carbons (Fsp3) is 0.321. The number of aryl methyl sites for hydroxylation is 1. The molecule has 0 radical (unpaired) electrons. The van der Waals surface area contributed by atoms with Crippen molar-refractivity contribution in [3.63, 3.8) is 0 Å². The second-order valence-electron chi connectivity index (χ2n) is 9.57. The second-order valence-corrected chi connectivity index (χ2v) is 9.57. The molecule has 1 aliphatic rings. The highest BCUT2D eigenvalue weighted by Gasteiger charge is 2.26. The Hall–Kier alpha value is -4.07. The molecule has 1 aromatic carbocycles. The molecule has 8 heteroatoms. The largest absolute Gasteiger partial charge is 0.327 e. The molecular formula is C28H29N7O. The predicted octanol–water partition coefficient (Wildman–Crippen LogP) is 5.38. The average Bonchev–Trinajstić information content (AvgIpc) is 3.42. The van der Waals surface area contributed by atoms with E-state index in [1.165, 1.54) is 17.4 Å². The van der Waals surface area contributed by atoms with Gasteiger partial charge in [-0.2, -0.15) is 0 Å². The third kappa shape index (κ3) is 3.82. The van der Waals surface area contributed by atoms with Gasteiger partial charge >= 0.3 is 0 Å². The number of rotatable bonds is 7. The number of fused-ring (bicyclic) bond motifs is 1. The first-order valence-electron chi connectivity index (χ1n) is 12.6. The maximum absolute atomic E-state index is 13.7. The summed E-state index contributed by atoms with van der Waals surface area (Å²) >= 11 is 0. The zero-order valence-electron chi connectivity index (χ0n) is 20.8. The molecule has 1 saturated carbocycles. The summed E-state index contributed by atoms with van der Waals surface area (Å²) in [4.78, 5) is 32.2. The minimum atomic E-state index is -0.156. The molecule has 4 heterocycles. The van der Waals surface area contributed by atoms with Crippen molar-refractivity contribution in [1.82, 2.24) is 33.6 Å². The van der Waals surface area contributed by atoms with Crippen LogP contribution < -0.4 is 5.56 Å². The molecule has 1 fully saturated rings. The lowest BCUT2D eigenvalue weighted by atomic mass is 10.1. The van der Waals surface area contributed by atoms with Gasteiger partial charge in [0, 0.05) is 30.6 Å². The molecule has 0 N–H and O–H groups in total. The van der Waals surface area contributed by atoms with Crippen LogP contribution in [-0.2, 0) is 0 Å². The first-order valence-corrected chi connectivity index (χ1v) is 12.6. The molecule has 36 heavy (non-hydrogen) atoms. The fourth-order valence-corrected chi connectivity index (χ4v) is 4.93. The monoisotopic (exact) mass is 479 g/mol. The minimum Gasteiger partial charge on any atom is -0.327 e. The summed E-state index contributed by atoms with van der Waals surface area (Å²) in [7, 11) is 0. The number of aromatic nitrogens is 7. The number of benzene rings is 1. The van der Waals surface area contributed by atoms with Crippen LogP contribution in [0.2, 0.25) is 0 Å². The van der Waals surface area contributed by atoms with Crippen molar-refractivity contribution in [1.29, 1.82) is 0 Å². The van der Waals surface area contributed by atoms with Crippen molar-refractivity contribution in [2.24, 2.45) is 0 Å². The molecular weight excluding hydrogens is 450 g/mol. The van der Waals surface area contributed by atoms with Crippen LogP contribution in [0.3, 0.4) is 0 Å². The summed E-state index contributed by atoms with van der Waals surface area (Å²) < 4.78 is 5.69. The molecule has 0 saturated heterocycles. The fourth-order valence-electron chi connectivity index (χ4n) is 4.93. The molecule has 0 atom stereocenters. The molecule has 0 aliphatic heterocycles. The van der Waals surface area contributed by atoms with Gasteiger partial charge in [-0.25, -0.2) is 19.9 Å². The van der Waals surface area contributed by atoms with Gasteiger partial charge in [0.15, 0.2) is 5.82 Å². The highest BCUT2D eigenvalue weighted by atomic mass is 16.1. The van der Waals surface area contributed by atoms with Gasteiger partial charge in [0.25, 0.3) is 5.56 Å². The Morgan fingerprint density at radius 2 is 1.89 bits per heavy atom. The molecule has 0 unspecified atom stereocenters. The smallest absolute Gasteiger partial charge is 0.267 e. The van der Waals surface area contributed by atoms with Crippen LogP contribution in [0.5, 0.6) is 0 Å². The zero-order valence-corrected chi connectivity index (χ0v) is 20.8. The first-order chi connectivity index (χ1) is 17.6. The Bertz CT molecular complexity index is 1620. The van der Waals surface area contributed by atoms with Gasteiger partial charge in [-0.1, -0.05) is 19.9 Å². The Balaban J connectivity index is 1.43. The topological polar surface area (TPSA) is 83.4 Å². The molecule has 182 valence electrons. The van der Waals surface area contributed by atoms with Crippen molar-refractivity contribution in [2.75, 3.05) is 0 Å². The van der Waals surface area contributed by atoms with Gasteiger partial charge in [0.05, 0.1) is 28.6 Å². The molecule has 8 nitrogen and oxygen atoms in total. The summed E-state index contributed by atoms with van der Waals surface area (Å²) in [6, 6.07) is 9.90. The van der Waals surface area contributed by atoms with Crippen LogP contribution >= 0.6 is 0 Å². The van der Waals surface area contributed by atoms with E-state index < -0.39 is 0 Å². The third-order valence-corrected chi connectivity index (χ3v) is 7.17. The van der Waals surface area contributed by atoms with Crippen molar-refractivity contribution >= 4 is 10.9 Å². The summed E-state index contributed by atoms with van der Waals surface area (Å²) in [5, 5.41) is 0.547. The lowest BCUT2D eigenvalue weighted by Gasteiger charge is -2.17. The third-order valence-electron chi connectivity index (χ3n) is 7.17. The molecule has 0 spiro atoms. The van der Waals surface area contributed by atoms with Gasteiger partial charge in [-0.3, -0.25) is 9.36 Å². The maximum atomic E-state index is 13.7. The molecule has 0 bridgehead atoms. The van der Waals surface area contributed by atoms with Crippen LogP contribution in [-0.4, -0.2) is 33.6 Å². The number of nitrogens with zero attached hydrogens (tertiary/aromatic N) is 7. The molecule has 1 aliphatic carbocycles. The molecule has 5 aromatic rings. The van der Waals surface area contributed by atoms with Gasteiger partial charge < -0.3 is 9.13 Å². The highest BCUT2D eigenvalue weighted by Crippen LogP contribution is 2.39. The van der Waals surface area contributed by atoms with E-state index in [1.54, 1.807) is 12.5 Å². The van der Waals surface area contributed by atoms with Crippen LogP contribution in [0.25, 0.3) is 33.9 Å². The van der Waals surface area contributed by atoms with E-state index in [1.807, 2.05) is 54.3 Å². The standard InChI is InChI=1S/C28H29N7O/c1-4-20(5-2)34-12-11-29-27(34)22-7-6-8-26(32-22)35-17-31-23-13-18(3)25(14-21(23)28(35)36)33-15-24(30-16-33)19-9-10-19/h6-8,11-17,19-20H,4-5,9-10H2,1-3H3. The van der Waals surface area contributed by atoms with Gasteiger partial charge in [-0.15, -0.1) is 0 Å². The quantitative estimate of drug-likeness (QED) is 0.313. The first kappa shape index (κ1) is 22.4. The second kappa shape index (κ2) is 8.86. The van der Waals surface area contributed by atoms with E-state index >= 15 is 0 Å². The van der Waals surface area contributed by atoms with Gasteiger partial charge in [0.1, 0.15) is 17.8 Å². The van der Waals surface area contributed by atoms with E-state index in [0.717, 1.165) is 41.3 Å². The SMILES string of the molecule is CCC(CC)n1ccnc1-c1cccc(-n2cnc3cc(C)c(-n4cnc(C5CC5)c4)cc3c2=O)n1. The predicted molar refractivity (Wildman–Crippen MR) is 140 cm³/mol. The summed E-state index contributed by atoms with van der Waals surface area (Å²) in [6.07, 6.45) is 13.7. The Kier molecular flexibility index (Phi) is 5.51. The van der Waals surface area contributed by atoms with Crippen LogP contribution in [0.1, 0.15) is 62.7 Å². The van der Waals surface area contributed by atoms with E-state index in [9.17, 15) is 4.79 Å². The number of imidazole rings is 2. The highest BCUT2D eigenvalue weighted by molar-refractivity contribution is 5.81. The number of hydrogen-bond acceptors (Lipinski definition) is 5. The lowest BCUT2D eigenvalue weighted by molar-refractivity contribution is 0.475. The average molecular weight is 480 g/mol. The zero-order chi connectivity index (χ0) is 24.8. The van der Waals surface area contributed by atoms with Crippen molar-refractivity contribution in [3.8, 4) is 23.0 Å². The normalized spacial score (nSPS) is 13.7.